The van der Waals surface area contributed by atoms with Crippen molar-refractivity contribution in [2.75, 3.05) is 19.9 Å². The summed E-state index contributed by atoms with van der Waals surface area (Å²) in [6.45, 7) is -1.000. The molecule has 0 saturated carbocycles. The van der Waals surface area contributed by atoms with Crippen molar-refractivity contribution < 1.29 is 46.7 Å². The molecule has 2 aromatic rings. The molecule has 1 aromatic heterocycles. The number of pyridine rings is 1. The number of phosphoric acid groups is 1. The van der Waals surface area contributed by atoms with E-state index >= 15 is 0 Å². The van der Waals surface area contributed by atoms with Gasteiger partial charge in [0.1, 0.15) is 6.10 Å². The number of ketones is 1. The number of ether oxygens (including phenoxy) is 1. The van der Waals surface area contributed by atoms with E-state index in [4.69, 9.17) is 4.74 Å². The fraction of sp³-hybridized carbons (Fsp3) is 0.400. The number of hydrogen-bond acceptors (Lipinski definition) is 6. The van der Waals surface area contributed by atoms with Crippen molar-refractivity contribution in [3.8, 4) is 11.1 Å². The highest BCUT2D eigenvalue weighted by Crippen LogP contribution is 2.46. The molecule has 1 aromatic carbocycles. The summed E-state index contributed by atoms with van der Waals surface area (Å²) in [4.78, 5) is 34.0. The zero-order valence-corrected chi connectivity index (χ0v) is 17.5. The highest BCUT2D eigenvalue weighted by Gasteiger charge is 2.39. The van der Waals surface area contributed by atoms with E-state index in [-0.39, 0.29) is 18.8 Å². The minimum absolute atomic E-state index is 0.104. The Hall–Kier alpha value is -2.14. The second-order valence-electron chi connectivity index (χ2n) is 7.48. The van der Waals surface area contributed by atoms with E-state index < -0.39 is 50.7 Å². The Balaban J connectivity index is 1.83. The molecular formula is C20H21F3NO7P. The summed E-state index contributed by atoms with van der Waals surface area (Å²) in [6, 6.07) is 9.24. The molecular weight excluding hydrogens is 454 g/mol. The van der Waals surface area contributed by atoms with Crippen molar-refractivity contribution in [2.45, 2.75) is 24.6 Å². The van der Waals surface area contributed by atoms with Gasteiger partial charge in [-0.1, -0.05) is 30.3 Å². The van der Waals surface area contributed by atoms with E-state index in [0.717, 1.165) is 0 Å². The first kappa shape index (κ1) is 24.5. The van der Waals surface area contributed by atoms with Crippen LogP contribution in [0.15, 0.2) is 42.6 Å². The smallest absolute Gasteiger partial charge is 0.379 e. The molecule has 1 saturated heterocycles. The van der Waals surface area contributed by atoms with Crippen LogP contribution in [0.25, 0.3) is 11.1 Å². The van der Waals surface area contributed by atoms with Gasteiger partial charge in [-0.3, -0.25) is 18.7 Å². The van der Waals surface area contributed by atoms with Gasteiger partial charge in [0, 0.05) is 24.1 Å². The number of hydrogen-bond donors (Lipinski definition) is 3. The molecule has 174 valence electrons. The molecule has 1 aliphatic heterocycles. The van der Waals surface area contributed by atoms with Gasteiger partial charge in [0.05, 0.1) is 25.6 Å². The van der Waals surface area contributed by atoms with Crippen LogP contribution in [0.4, 0.5) is 13.2 Å². The Labute approximate surface area is 181 Å². The standard InChI is InChI=1S/C20H21F3NO7P/c21-8-15(7-16(25)19(22)23)18(31-32(27,28)29)13-3-1-12(2-4-13)14-5-6-17(24-9-14)20(26)10-30-11-20/h1-6,9,15,18-19,26H,7-8,10-11H2,(H2,27,28,29)/t15-,18-/m1/s1. The molecule has 32 heavy (non-hydrogen) atoms. The van der Waals surface area contributed by atoms with Crippen LogP contribution in [0.5, 0.6) is 0 Å². The maximum atomic E-state index is 13.5. The summed E-state index contributed by atoms with van der Waals surface area (Å²) in [5.41, 5.74) is 0.736. The predicted molar refractivity (Wildman–Crippen MR) is 105 cm³/mol. The summed E-state index contributed by atoms with van der Waals surface area (Å²) < 4.78 is 59.8. The van der Waals surface area contributed by atoms with Gasteiger partial charge in [0.15, 0.2) is 11.4 Å². The van der Waals surface area contributed by atoms with E-state index in [1.807, 2.05) is 0 Å². The van der Waals surface area contributed by atoms with E-state index in [0.29, 0.717) is 16.8 Å². The molecule has 1 fully saturated rings. The van der Waals surface area contributed by atoms with Gasteiger partial charge in [-0.2, -0.15) is 0 Å². The van der Waals surface area contributed by atoms with Crippen molar-refractivity contribution in [3.63, 3.8) is 0 Å². The van der Waals surface area contributed by atoms with Crippen LogP contribution in [-0.2, 0) is 24.2 Å². The number of rotatable bonds is 10. The van der Waals surface area contributed by atoms with Crippen LogP contribution in [0.1, 0.15) is 23.8 Å². The van der Waals surface area contributed by atoms with Crippen LogP contribution in [0.3, 0.4) is 0 Å². The summed E-state index contributed by atoms with van der Waals surface area (Å²) in [5, 5.41) is 10.2. The van der Waals surface area contributed by atoms with Gasteiger partial charge in [-0.05, 0) is 17.2 Å². The Morgan fingerprint density at radius 2 is 1.78 bits per heavy atom. The molecule has 0 aliphatic carbocycles. The van der Waals surface area contributed by atoms with Crippen molar-refractivity contribution in [1.82, 2.24) is 4.98 Å². The third-order valence-electron chi connectivity index (χ3n) is 5.08. The lowest BCUT2D eigenvalue weighted by molar-refractivity contribution is -0.186. The highest BCUT2D eigenvalue weighted by molar-refractivity contribution is 7.46. The number of nitrogens with zero attached hydrogens (tertiary/aromatic N) is 1. The van der Waals surface area contributed by atoms with Crippen molar-refractivity contribution in [2.24, 2.45) is 5.92 Å². The summed E-state index contributed by atoms with van der Waals surface area (Å²) in [7, 11) is -5.12. The van der Waals surface area contributed by atoms with E-state index in [1.165, 1.54) is 18.3 Å². The third-order valence-corrected chi connectivity index (χ3v) is 5.58. The molecule has 0 radical (unpaired) electrons. The largest absolute Gasteiger partial charge is 0.470 e. The van der Waals surface area contributed by atoms with Crippen LogP contribution in [0, 0.1) is 5.92 Å². The normalized spacial score (nSPS) is 17.6. The lowest BCUT2D eigenvalue weighted by Crippen LogP contribution is -2.47. The van der Waals surface area contributed by atoms with E-state index in [1.54, 1.807) is 24.3 Å². The SMILES string of the molecule is O=C(C[C@H](CF)[C@H](OP(=O)(O)O)c1ccc(-c2ccc(C3(O)COC3)nc2)cc1)C(F)F. The molecule has 1 aliphatic rings. The molecule has 8 nitrogen and oxygen atoms in total. The first-order valence-corrected chi connectivity index (χ1v) is 11.0. The summed E-state index contributed by atoms with van der Waals surface area (Å²) in [5.74, 6) is -3.06. The fourth-order valence-corrected chi connectivity index (χ4v) is 3.90. The number of carbonyl (C=O) groups excluding carboxylic acids is 1. The lowest BCUT2D eigenvalue weighted by atomic mass is 9.91. The van der Waals surface area contributed by atoms with Gasteiger partial charge in [0.25, 0.3) is 6.43 Å². The van der Waals surface area contributed by atoms with Crippen molar-refractivity contribution in [1.29, 1.82) is 0 Å². The highest BCUT2D eigenvalue weighted by atomic mass is 31.2. The molecule has 0 spiro atoms. The zero-order chi connectivity index (χ0) is 23.5. The number of alkyl halides is 3. The molecule has 12 heteroatoms. The third kappa shape index (κ3) is 5.80. The monoisotopic (exact) mass is 475 g/mol. The van der Waals surface area contributed by atoms with Crippen LogP contribution >= 0.6 is 7.82 Å². The first-order chi connectivity index (χ1) is 15.0. The lowest BCUT2D eigenvalue weighted by Gasteiger charge is -2.35. The van der Waals surface area contributed by atoms with Gasteiger partial charge in [-0.15, -0.1) is 0 Å². The van der Waals surface area contributed by atoms with Crippen LogP contribution < -0.4 is 0 Å². The molecule has 2 heterocycles. The van der Waals surface area contributed by atoms with Crippen molar-refractivity contribution in [3.05, 3.63) is 53.9 Å². The van der Waals surface area contributed by atoms with Crippen LogP contribution in [-0.4, -0.2) is 52.0 Å². The van der Waals surface area contributed by atoms with E-state index in [2.05, 4.69) is 9.51 Å². The molecule has 0 unspecified atom stereocenters. The number of phosphoric ester groups is 1. The molecule has 3 N–H and O–H groups in total. The van der Waals surface area contributed by atoms with E-state index in [9.17, 15) is 37.4 Å². The number of carbonyl (C=O) groups is 1. The number of aliphatic hydroxyl groups is 1. The Bertz CT molecular complexity index is 978. The maximum absolute atomic E-state index is 13.5. The number of aromatic nitrogens is 1. The Morgan fingerprint density at radius 1 is 1.16 bits per heavy atom. The minimum atomic E-state index is -5.12. The second-order valence-corrected chi connectivity index (χ2v) is 8.67. The number of benzene rings is 1. The average Bonchev–Trinajstić information content (AvgIpc) is 2.73. The quantitative estimate of drug-likeness (QED) is 0.448. The average molecular weight is 475 g/mol. The minimum Gasteiger partial charge on any atom is -0.379 e. The molecule has 0 amide bonds. The maximum Gasteiger partial charge on any atom is 0.470 e. The van der Waals surface area contributed by atoms with Gasteiger partial charge >= 0.3 is 7.82 Å². The van der Waals surface area contributed by atoms with Gasteiger partial charge in [-0.25, -0.2) is 13.3 Å². The molecule has 0 bridgehead atoms. The Morgan fingerprint density at radius 3 is 2.22 bits per heavy atom. The van der Waals surface area contributed by atoms with Crippen LogP contribution in [0.2, 0.25) is 0 Å². The Kier molecular flexibility index (Phi) is 7.49. The molecule has 3 rings (SSSR count). The zero-order valence-electron chi connectivity index (χ0n) is 16.6. The predicted octanol–water partition coefficient (Wildman–Crippen LogP) is 2.93. The summed E-state index contributed by atoms with van der Waals surface area (Å²) in [6.07, 6.45) is -4.37. The second kappa shape index (κ2) is 9.78. The molecule has 2 atom stereocenters. The van der Waals surface area contributed by atoms with Gasteiger partial charge in [0.2, 0.25) is 0 Å². The van der Waals surface area contributed by atoms with Crippen molar-refractivity contribution >= 4 is 13.6 Å². The first-order valence-electron chi connectivity index (χ1n) is 9.50. The summed E-state index contributed by atoms with van der Waals surface area (Å²) >= 11 is 0. The number of Topliss-reactive ketones (excluding diaryl/α,β-unsaturated/α-hetero) is 1. The number of halogens is 3. The fourth-order valence-electron chi connectivity index (χ4n) is 3.31. The van der Waals surface area contributed by atoms with Gasteiger partial charge < -0.3 is 19.6 Å². The topological polar surface area (TPSA) is 126 Å².